The number of carbonyl (C=O) groups excluding carboxylic acids is 1. The van der Waals surface area contributed by atoms with Gasteiger partial charge in [0.05, 0.1) is 11.4 Å². The Morgan fingerprint density at radius 2 is 1.72 bits per heavy atom. The molecule has 29 heavy (non-hydrogen) atoms. The number of hydrogen-bond donors (Lipinski definition) is 1. The number of piperazine rings is 1. The fourth-order valence-corrected chi connectivity index (χ4v) is 4.66. The first-order valence-corrected chi connectivity index (χ1v) is 11.2. The lowest BCUT2D eigenvalue weighted by Crippen LogP contribution is -2.50. The maximum Gasteiger partial charge on any atom is 0.251 e. The van der Waals surface area contributed by atoms with Crippen molar-refractivity contribution >= 4 is 21.6 Å². The second-order valence-corrected chi connectivity index (χ2v) is 9.30. The molecule has 1 saturated heterocycles. The Bertz CT molecular complexity index is 986. The fourth-order valence-electron chi connectivity index (χ4n) is 3.32. The Hall–Kier alpha value is -2.45. The second kappa shape index (κ2) is 8.92. The molecule has 3 rings (SSSR count). The molecule has 1 aliphatic heterocycles. The van der Waals surface area contributed by atoms with Gasteiger partial charge in [-0.15, -0.1) is 0 Å². The fraction of sp³-hybridized carbons (Fsp3) is 0.381. The minimum Gasteiger partial charge on any atom is -0.367 e. The molecule has 156 valence electrons. The van der Waals surface area contributed by atoms with Crippen molar-refractivity contribution in [3.05, 3.63) is 65.0 Å². The van der Waals surface area contributed by atoms with Crippen molar-refractivity contribution in [3.63, 3.8) is 0 Å². The Labute approximate surface area is 171 Å². The van der Waals surface area contributed by atoms with Crippen LogP contribution in [0.1, 0.15) is 21.5 Å². The Morgan fingerprint density at radius 3 is 2.38 bits per heavy atom. The third-order valence-electron chi connectivity index (χ3n) is 5.24. The summed E-state index contributed by atoms with van der Waals surface area (Å²) < 4.78 is 40.5. The topological polar surface area (TPSA) is 69.7 Å². The molecule has 8 heteroatoms. The normalized spacial score (nSPS) is 15.3. The van der Waals surface area contributed by atoms with Crippen molar-refractivity contribution in [2.75, 3.05) is 43.4 Å². The summed E-state index contributed by atoms with van der Waals surface area (Å²) in [4.78, 5) is 14.1. The maximum absolute atomic E-state index is 13.9. The molecule has 0 aromatic heterocycles. The predicted molar refractivity (Wildman–Crippen MR) is 112 cm³/mol. The van der Waals surface area contributed by atoms with Crippen molar-refractivity contribution in [2.45, 2.75) is 13.8 Å². The summed E-state index contributed by atoms with van der Waals surface area (Å²) in [5.41, 5.74) is 3.12. The molecule has 1 aliphatic rings. The average molecular weight is 420 g/mol. The number of sulfonamides is 1. The van der Waals surface area contributed by atoms with Gasteiger partial charge in [0.1, 0.15) is 5.82 Å². The van der Waals surface area contributed by atoms with Gasteiger partial charge in [-0.3, -0.25) is 4.79 Å². The summed E-state index contributed by atoms with van der Waals surface area (Å²) >= 11 is 0. The number of halogens is 1. The second-order valence-electron chi connectivity index (χ2n) is 7.21. The van der Waals surface area contributed by atoms with Crippen LogP contribution >= 0.6 is 0 Å². The molecule has 6 nitrogen and oxygen atoms in total. The molecule has 0 aliphatic carbocycles. The first-order valence-electron chi connectivity index (χ1n) is 9.61. The Balaban J connectivity index is 1.51. The largest absolute Gasteiger partial charge is 0.367 e. The molecule has 2 aromatic rings. The summed E-state index contributed by atoms with van der Waals surface area (Å²) in [6.45, 7) is 5.38. The van der Waals surface area contributed by atoms with Gasteiger partial charge in [0.2, 0.25) is 10.0 Å². The van der Waals surface area contributed by atoms with Crippen molar-refractivity contribution in [2.24, 2.45) is 0 Å². The lowest BCUT2D eigenvalue weighted by molar-refractivity contribution is 0.0956. The quantitative estimate of drug-likeness (QED) is 0.780. The number of amides is 1. The van der Waals surface area contributed by atoms with Crippen molar-refractivity contribution in [1.82, 2.24) is 9.62 Å². The molecule has 0 saturated carbocycles. The molecule has 1 fully saturated rings. The van der Waals surface area contributed by atoms with E-state index >= 15 is 0 Å². The summed E-state index contributed by atoms with van der Waals surface area (Å²) in [6, 6.07) is 11.9. The molecule has 0 atom stereocenters. The molecule has 2 aromatic carbocycles. The lowest BCUT2D eigenvalue weighted by Gasteiger charge is -2.35. The SMILES string of the molecule is Cc1ccc(C(=O)NCCS(=O)(=O)N2CCN(c3ccccc3F)CC2)cc1C. The molecule has 1 N–H and O–H groups in total. The van der Waals surface area contributed by atoms with E-state index in [9.17, 15) is 17.6 Å². The summed E-state index contributed by atoms with van der Waals surface area (Å²) in [5.74, 6) is -0.756. The van der Waals surface area contributed by atoms with Crippen molar-refractivity contribution in [1.29, 1.82) is 0 Å². The average Bonchev–Trinajstić information content (AvgIpc) is 2.70. The number of hydrogen-bond acceptors (Lipinski definition) is 4. The molecule has 0 radical (unpaired) electrons. The molecule has 1 heterocycles. The van der Waals surface area contributed by atoms with Gasteiger partial charge >= 0.3 is 0 Å². The molecular formula is C21H26FN3O3S. The monoisotopic (exact) mass is 419 g/mol. The van der Waals surface area contributed by atoms with E-state index in [1.54, 1.807) is 30.3 Å². The van der Waals surface area contributed by atoms with Crippen LogP contribution in [0.15, 0.2) is 42.5 Å². The van der Waals surface area contributed by atoms with E-state index in [4.69, 9.17) is 0 Å². The van der Waals surface area contributed by atoms with Gasteiger partial charge in [0.15, 0.2) is 0 Å². The van der Waals surface area contributed by atoms with Crippen molar-refractivity contribution in [3.8, 4) is 0 Å². The molecule has 0 spiro atoms. The van der Waals surface area contributed by atoms with Gasteiger partial charge in [0.25, 0.3) is 5.91 Å². The first-order chi connectivity index (χ1) is 13.8. The zero-order valence-electron chi connectivity index (χ0n) is 16.7. The predicted octanol–water partition coefficient (Wildman–Crippen LogP) is 2.32. The Morgan fingerprint density at radius 1 is 1.03 bits per heavy atom. The molecule has 0 unspecified atom stereocenters. The van der Waals surface area contributed by atoms with E-state index in [1.165, 1.54) is 10.4 Å². The van der Waals surface area contributed by atoms with E-state index < -0.39 is 10.0 Å². The number of nitrogens with one attached hydrogen (secondary N) is 1. The number of aryl methyl sites for hydroxylation is 2. The smallest absolute Gasteiger partial charge is 0.251 e. The highest BCUT2D eigenvalue weighted by molar-refractivity contribution is 7.89. The van der Waals surface area contributed by atoms with Crippen LogP contribution < -0.4 is 10.2 Å². The molecular weight excluding hydrogens is 393 g/mol. The maximum atomic E-state index is 13.9. The number of nitrogens with zero attached hydrogens (tertiary/aromatic N) is 2. The van der Waals surface area contributed by atoms with Crippen LogP contribution in [0.2, 0.25) is 0 Å². The van der Waals surface area contributed by atoms with Gasteiger partial charge in [-0.25, -0.2) is 12.8 Å². The number of para-hydroxylation sites is 1. The van der Waals surface area contributed by atoms with Gasteiger partial charge in [-0.05, 0) is 49.2 Å². The van der Waals surface area contributed by atoms with Crippen LogP contribution in [0, 0.1) is 19.7 Å². The molecule has 0 bridgehead atoms. The third-order valence-corrected chi connectivity index (χ3v) is 7.11. The van der Waals surface area contributed by atoms with E-state index in [2.05, 4.69) is 5.32 Å². The van der Waals surface area contributed by atoms with Gasteiger partial charge < -0.3 is 10.2 Å². The third kappa shape index (κ3) is 5.13. The Kier molecular flexibility index (Phi) is 6.54. The van der Waals surface area contributed by atoms with E-state index in [-0.39, 0.29) is 24.0 Å². The highest BCUT2D eigenvalue weighted by atomic mass is 32.2. The number of benzene rings is 2. The van der Waals surface area contributed by atoms with Crippen molar-refractivity contribution < 1.29 is 17.6 Å². The summed E-state index contributed by atoms with van der Waals surface area (Å²) in [7, 11) is -3.49. The summed E-state index contributed by atoms with van der Waals surface area (Å²) in [5, 5.41) is 2.68. The summed E-state index contributed by atoms with van der Waals surface area (Å²) in [6.07, 6.45) is 0. The van der Waals surface area contributed by atoms with E-state index in [0.717, 1.165) is 11.1 Å². The standard InChI is InChI=1S/C21H26FN3O3S/c1-16-7-8-18(15-17(16)2)21(26)23-9-14-29(27,28)25-12-10-24(11-13-25)20-6-4-3-5-19(20)22/h3-8,15H,9-14H2,1-2H3,(H,23,26). The zero-order valence-corrected chi connectivity index (χ0v) is 17.5. The minimum atomic E-state index is -3.49. The van der Waals surface area contributed by atoms with E-state index in [1.807, 2.05) is 24.8 Å². The van der Waals surface area contributed by atoms with Crippen LogP contribution in [-0.2, 0) is 10.0 Å². The van der Waals surface area contributed by atoms with Gasteiger partial charge in [-0.2, -0.15) is 4.31 Å². The van der Waals surface area contributed by atoms with Crippen LogP contribution in [0.25, 0.3) is 0 Å². The minimum absolute atomic E-state index is 0.0433. The van der Waals surface area contributed by atoms with Gasteiger partial charge in [-0.1, -0.05) is 18.2 Å². The molecule has 1 amide bonds. The van der Waals surface area contributed by atoms with Crippen LogP contribution in [-0.4, -0.2) is 57.1 Å². The lowest BCUT2D eigenvalue weighted by atomic mass is 10.1. The number of rotatable bonds is 6. The highest BCUT2D eigenvalue weighted by Crippen LogP contribution is 2.21. The highest BCUT2D eigenvalue weighted by Gasteiger charge is 2.27. The van der Waals surface area contributed by atoms with E-state index in [0.29, 0.717) is 37.4 Å². The number of anilines is 1. The zero-order chi connectivity index (χ0) is 21.0. The first kappa shape index (κ1) is 21.3. The van der Waals surface area contributed by atoms with Gasteiger partial charge in [0, 0.05) is 38.3 Å². The van der Waals surface area contributed by atoms with Crippen LogP contribution in [0.5, 0.6) is 0 Å². The van der Waals surface area contributed by atoms with Crippen LogP contribution in [0.4, 0.5) is 10.1 Å². The van der Waals surface area contributed by atoms with Crippen LogP contribution in [0.3, 0.4) is 0 Å². The number of carbonyl (C=O) groups is 1.